The molecule has 0 aromatic rings. The van der Waals surface area contributed by atoms with Gasteiger partial charge in [-0.3, -0.25) is 0 Å². The first-order chi connectivity index (χ1) is 6.06. The molecule has 3 heteroatoms. The Morgan fingerprint density at radius 1 is 1.54 bits per heavy atom. The van der Waals surface area contributed by atoms with Gasteiger partial charge in [-0.05, 0) is 5.92 Å². The van der Waals surface area contributed by atoms with Crippen molar-refractivity contribution < 1.29 is 9.53 Å². The Labute approximate surface area is 79.2 Å². The predicted molar refractivity (Wildman–Crippen MR) is 51.4 cm³/mol. The number of cyclic esters (lactones) is 1. The van der Waals surface area contributed by atoms with Crippen molar-refractivity contribution in [2.75, 3.05) is 0 Å². The Hall–Kier alpha value is -0.990. The second-order valence-corrected chi connectivity index (χ2v) is 3.88. The zero-order valence-corrected chi connectivity index (χ0v) is 8.41. The van der Waals surface area contributed by atoms with Crippen molar-refractivity contribution >= 4 is 6.09 Å². The van der Waals surface area contributed by atoms with Gasteiger partial charge in [-0.15, -0.1) is 6.58 Å². The predicted octanol–water partition coefficient (Wildman–Crippen LogP) is 1.94. The van der Waals surface area contributed by atoms with Crippen LogP contribution in [0.1, 0.15) is 20.8 Å². The van der Waals surface area contributed by atoms with Gasteiger partial charge in [-0.25, -0.2) is 4.79 Å². The third-order valence-corrected chi connectivity index (χ3v) is 2.49. The molecule has 0 aromatic heterocycles. The average Bonchev–Trinajstić information content (AvgIpc) is 2.46. The summed E-state index contributed by atoms with van der Waals surface area (Å²) in [5, 5.41) is 2.81. The molecule has 74 valence electrons. The van der Waals surface area contributed by atoms with Gasteiger partial charge < -0.3 is 10.1 Å². The monoisotopic (exact) mass is 183 g/mol. The maximum Gasteiger partial charge on any atom is 0.407 e. The molecular weight excluding hydrogens is 166 g/mol. The lowest BCUT2D eigenvalue weighted by Crippen LogP contribution is -2.39. The highest BCUT2D eigenvalue weighted by molar-refractivity contribution is 5.70. The number of alkyl carbamates (subject to hydrolysis) is 1. The van der Waals surface area contributed by atoms with Gasteiger partial charge >= 0.3 is 6.09 Å². The van der Waals surface area contributed by atoms with Crippen molar-refractivity contribution in [1.29, 1.82) is 0 Å². The van der Waals surface area contributed by atoms with Crippen molar-refractivity contribution in [3.05, 3.63) is 12.7 Å². The van der Waals surface area contributed by atoms with E-state index in [-0.39, 0.29) is 24.2 Å². The van der Waals surface area contributed by atoms with Crippen LogP contribution in [0.15, 0.2) is 12.7 Å². The average molecular weight is 183 g/mol. The number of rotatable bonds is 3. The van der Waals surface area contributed by atoms with Gasteiger partial charge in [0.15, 0.2) is 0 Å². The van der Waals surface area contributed by atoms with Gasteiger partial charge in [0.25, 0.3) is 0 Å². The number of amides is 1. The second-order valence-electron chi connectivity index (χ2n) is 3.88. The smallest absolute Gasteiger partial charge is 0.407 e. The van der Waals surface area contributed by atoms with Crippen LogP contribution in [0, 0.1) is 11.8 Å². The molecule has 0 radical (unpaired) electrons. The van der Waals surface area contributed by atoms with E-state index in [1.807, 2.05) is 13.0 Å². The molecule has 1 heterocycles. The van der Waals surface area contributed by atoms with Crippen LogP contribution in [0.25, 0.3) is 0 Å². The molecule has 3 nitrogen and oxygen atoms in total. The number of nitrogens with one attached hydrogen (secondary N) is 1. The van der Waals surface area contributed by atoms with Gasteiger partial charge in [0, 0.05) is 5.92 Å². The topological polar surface area (TPSA) is 38.3 Å². The minimum atomic E-state index is -0.308. The second kappa shape index (κ2) is 3.81. The first-order valence-corrected chi connectivity index (χ1v) is 4.66. The fraction of sp³-hybridized carbons (Fsp3) is 0.700. The lowest BCUT2D eigenvalue weighted by molar-refractivity contribution is 0.103. The standard InChI is InChI=1S/C10H17NO2/c1-5-7(4)9-8(6(2)3)11-10(12)13-9/h5-9H,1H2,2-4H3,(H,11,12)/t7-,8+,9+/m1/s1. The molecule has 1 N–H and O–H groups in total. The van der Waals surface area contributed by atoms with Gasteiger partial charge in [0.05, 0.1) is 6.04 Å². The molecular formula is C10H17NO2. The van der Waals surface area contributed by atoms with Crippen LogP contribution in [-0.4, -0.2) is 18.2 Å². The van der Waals surface area contributed by atoms with Crippen LogP contribution in [0.2, 0.25) is 0 Å². The molecule has 0 bridgehead atoms. The Kier molecular flexibility index (Phi) is 2.96. The van der Waals surface area contributed by atoms with Gasteiger partial charge in [0.1, 0.15) is 6.10 Å². The van der Waals surface area contributed by atoms with Crippen LogP contribution in [0.5, 0.6) is 0 Å². The highest BCUT2D eigenvalue weighted by atomic mass is 16.6. The van der Waals surface area contributed by atoms with E-state index in [4.69, 9.17) is 4.74 Å². The molecule has 3 atom stereocenters. The molecule has 1 fully saturated rings. The first kappa shape index (κ1) is 10.1. The Balaban J connectivity index is 2.71. The molecule has 1 aliphatic heterocycles. The SMILES string of the molecule is C=C[C@@H](C)[C@@H]1OC(=O)N[C@H]1C(C)C. The number of hydrogen-bond donors (Lipinski definition) is 1. The summed E-state index contributed by atoms with van der Waals surface area (Å²) >= 11 is 0. The van der Waals surface area contributed by atoms with Crippen LogP contribution in [-0.2, 0) is 4.74 Å². The summed E-state index contributed by atoms with van der Waals surface area (Å²) in [4.78, 5) is 11.0. The summed E-state index contributed by atoms with van der Waals surface area (Å²) < 4.78 is 5.17. The molecule has 1 aliphatic rings. The Morgan fingerprint density at radius 2 is 2.15 bits per heavy atom. The summed E-state index contributed by atoms with van der Waals surface area (Å²) in [6, 6.07) is 0.112. The highest BCUT2D eigenvalue weighted by Gasteiger charge is 2.38. The van der Waals surface area contributed by atoms with E-state index in [0.29, 0.717) is 5.92 Å². The van der Waals surface area contributed by atoms with Crippen molar-refractivity contribution in [2.45, 2.75) is 32.9 Å². The number of hydrogen-bond acceptors (Lipinski definition) is 2. The highest BCUT2D eigenvalue weighted by Crippen LogP contribution is 2.23. The third kappa shape index (κ3) is 2.02. The van der Waals surface area contributed by atoms with Crippen LogP contribution < -0.4 is 5.32 Å². The molecule has 1 amide bonds. The van der Waals surface area contributed by atoms with Gasteiger partial charge in [0.2, 0.25) is 0 Å². The van der Waals surface area contributed by atoms with Crippen molar-refractivity contribution in [1.82, 2.24) is 5.32 Å². The number of ether oxygens (including phenoxy) is 1. The molecule has 1 rings (SSSR count). The number of carbonyl (C=O) groups is 1. The lowest BCUT2D eigenvalue weighted by atomic mass is 9.91. The molecule has 0 aliphatic carbocycles. The summed E-state index contributed by atoms with van der Waals surface area (Å²) in [5.41, 5.74) is 0. The van der Waals surface area contributed by atoms with Crippen LogP contribution in [0.4, 0.5) is 4.79 Å². The van der Waals surface area contributed by atoms with Crippen LogP contribution >= 0.6 is 0 Å². The minimum absolute atomic E-state index is 0.0648. The summed E-state index contributed by atoms with van der Waals surface area (Å²) in [6.07, 6.45) is 1.45. The minimum Gasteiger partial charge on any atom is -0.443 e. The molecule has 1 saturated heterocycles. The fourth-order valence-electron chi connectivity index (χ4n) is 1.56. The van der Waals surface area contributed by atoms with E-state index < -0.39 is 0 Å². The molecule has 0 unspecified atom stereocenters. The number of carbonyl (C=O) groups excluding carboxylic acids is 1. The van der Waals surface area contributed by atoms with Crippen molar-refractivity contribution in [3.8, 4) is 0 Å². The first-order valence-electron chi connectivity index (χ1n) is 4.66. The van der Waals surface area contributed by atoms with E-state index in [1.165, 1.54) is 0 Å². The molecule has 0 aromatic carbocycles. The normalized spacial score (nSPS) is 29.7. The van der Waals surface area contributed by atoms with E-state index >= 15 is 0 Å². The van der Waals surface area contributed by atoms with E-state index in [2.05, 4.69) is 25.7 Å². The fourth-order valence-corrected chi connectivity index (χ4v) is 1.56. The molecule has 0 saturated carbocycles. The van der Waals surface area contributed by atoms with E-state index in [9.17, 15) is 4.79 Å². The maximum atomic E-state index is 11.0. The Morgan fingerprint density at radius 3 is 2.62 bits per heavy atom. The molecule has 0 spiro atoms. The van der Waals surface area contributed by atoms with E-state index in [1.54, 1.807) is 0 Å². The quantitative estimate of drug-likeness (QED) is 0.679. The van der Waals surface area contributed by atoms with Crippen molar-refractivity contribution in [3.63, 3.8) is 0 Å². The summed E-state index contributed by atoms with van der Waals surface area (Å²) in [5.74, 6) is 0.588. The molecule has 13 heavy (non-hydrogen) atoms. The van der Waals surface area contributed by atoms with Gasteiger partial charge in [-0.2, -0.15) is 0 Å². The van der Waals surface area contributed by atoms with E-state index in [0.717, 1.165) is 0 Å². The van der Waals surface area contributed by atoms with Gasteiger partial charge in [-0.1, -0.05) is 26.8 Å². The largest absolute Gasteiger partial charge is 0.443 e. The Bertz CT molecular complexity index is 213. The van der Waals surface area contributed by atoms with Crippen LogP contribution in [0.3, 0.4) is 0 Å². The third-order valence-electron chi connectivity index (χ3n) is 2.49. The summed E-state index contributed by atoms with van der Waals surface area (Å²) in [6.45, 7) is 9.86. The summed E-state index contributed by atoms with van der Waals surface area (Å²) in [7, 11) is 0. The maximum absolute atomic E-state index is 11.0. The van der Waals surface area contributed by atoms with Crippen molar-refractivity contribution in [2.24, 2.45) is 11.8 Å². The zero-order valence-electron chi connectivity index (χ0n) is 8.41. The zero-order chi connectivity index (χ0) is 10.0. The lowest BCUT2D eigenvalue weighted by Gasteiger charge is -2.23.